The van der Waals surface area contributed by atoms with Crippen molar-refractivity contribution in [1.29, 1.82) is 0 Å². The molecule has 3 heterocycles. The Balaban J connectivity index is 1.51. The predicted octanol–water partition coefficient (Wildman–Crippen LogP) is 3.25. The average molecular weight is 508 g/mol. The normalized spacial score (nSPS) is 47.9. The van der Waals surface area contributed by atoms with E-state index in [1.54, 1.807) is 0 Å². The summed E-state index contributed by atoms with van der Waals surface area (Å²) in [5, 5.41) is 3.35. The topological polar surface area (TPSA) is 97.5 Å². The fourth-order valence-electron chi connectivity index (χ4n) is 8.01. The van der Waals surface area contributed by atoms with Crippen LogP contribution in [0.25, 0.3) is 0 Å². The molecule has 1 spiro atoms. The molecule has 12 atom stereocenters. The monoisotopic (exact) mass is 507 g/mol. The van der Waals surface area contributed by atoms with Crippen LogP contribution in [-0.2, 0) is 35.0 Å². The van der Waals surface area contributed by atoms with Crippen molar-refractivity contribution in [1.82, 2.24) is 5.32 Å². The zero-order chi connectivity index (χ0) is 26.3. The van der Waals surface area contributed by atoms with Crippen molar-refractivity contribution < 1.29 is 28.6 Å². The van der Waals surface area contributed by atoms with Crippen LogP contribution in [0.1, 0.15) is 46.6 Å². The lowest BCUT2D eigenvalue weighted by Gasteiger charge is -2.49. The van der Waals surface area contributed by atoms with Gasteiger partial charge in [-0.25, -0.2) is 0 Å². The molecule has 5 aliphatic rings. The van der Waals surface area contributed by atoms with Gasteiger partial charge in [0.1, 0.15) is 23.4 Å². The Kier molecular flexibility index (Phi) is 5.70. The standard InChI is InChI=1S/C30H37NO6/c1-15-10-9-13-20-26-29(5,37-26)17(3)22-21(14-19-11-7-6-8-12-19)31-28(34)30(20,22)27(35-18(4)32)25-24(36-25)16(2)23(15)33/h6-9,11-13,15-17,20-22,24-27H,10,14H2,1-5H3,(H,31,34)/t15-,16+,17-,20?,21-,22-,24-,25+,26-,27+,29+,30-/m0/s1. The lowest BCUT2D eigenvalue weighted by molar-refractivity contribution is -0.171. The van der Waals surface area contributed by atoms with Gasteiger partial charge in [-0.1, -0.05) is 63.3 Å². The van der Waals surface area contributed by atoms with Gasteiger partial charge in [-0.2, -0.15) is 0 Å². The fourth-order valence-corrected chi connectivity index (χ4v) is 8.01. The molecule has 1 N–H and O–H groups in total. The Hall–Kier alpha value is -2.51. The molecule has 1 aromatic rings. The van der Waals surface area contributed by atoms with Crippen molar-refractivity contribution in [3.8, 4) is 0 Å². The van der Waals surface area contributed by atoms with Gasteiger partial charge in [0.2, 0.25) is 5.91 Å². The Morgan fingerprint density at radius 2 is 1.86 bits per heavy atom. The molecule has 0 radical (unpaired) electrons. The number of hydrogen-bond donors (Lipinski definition) is 1. The van der Waals surface area contributed by atoms with E-state index in [9.17, 15) is 14.4 Å². The lowest BCUT2D eigenvalue weighted by atomic mass is 9.50. The first-order valence-electron chi connectivity index (χ1n) is 13.7. The fraction of sp³-hybridized carbons (Fsp3) is 0.633. The number of esters is 1. The molecular formula is C30H37NO6. The second kappa shape index (κ2) is 8.50. The van der Waals surface area contributed by atoms with Crippen LogP contribution in [0.5, 0.6) is 0 Å². The number of amides is 1. The molecule has 2 aliphatic carbocycles. The van der Waals surface area contributed by atoms with Crippen LogP contribution < -0.4 is 5.32 Å². The zero-order valence-corrected chi connectivity index (χ0v) is 22.2. The number of epoxide rings is 2. The molecule has 4 fully saturated rings. The average Bonchev–Trinajstić information content (AvgIpc) is 3.76. The van der Waals surface area contributed by atoms with E-state index in [2.05, 4.69) is 37.4 Å². The smallest absolute Gasteiger partial charge is 0.303 e. The first-order chi connectivity index (χ1) is 17.6. The molecule has 7 heteroatoms. The molecule has 3 saturated heterocycles. The minimum absolute atomic E-state index is 0.0353. The van der Waals surface area contributed by atoms with Gasteiger partial charge < -0.3 is 19.5 Å². The van der Waals surface area contributed by atoms with E-state index in [1.165, 1.54) is 6.92 Å². The van der Waals surface area contributed by atoms with Gasteiger partial charge in [-0.3, -0.25) is 14.4 Å². The van der Waals surface area contributed by atoms with Gasteiger partial charge in [-0.05, 0) is 31.2 Å². The number of Topliss-reactive ketones (excluding diaryl/α,β-unsaturated/α-hetero) is 1. The van der Waals surface area contributed by atoms with Crippen LogP contribution in [0.4, 0.5) is 0 Å². The Labute approximate surface area is 218 Å². The maximum atomic E-state index is 14.4. The van der Waals surface area contributed by atoms with E-state index < -0.39 is 23.6 Å². The van der Waals surface area contributed by atoms with Gasteiger partial charge in [-0.15, -0.1) is 0 Å². The number of hydrogen-bond acceptors (Lipinski definition) is 6. The SMILES string of the molecule is CC(=O)O[C@@H]1[C@@H]2O[C@H]2[C@H](C)C(=O)[C@@H](C)CC=CC2[C@@H]3O[C@]3(C)[C@@H](C)[C@H]3[C@H](Cc4ccccc4)NC(=O)[C@@]231. The second-order valence-corrected chi connectivity index (χ2v) is 12.1. The second-order valence-electron chi connectivity index (χ2n) is 12.1. The molecule has 3 aliphatic heterocycles. The third-order valence-electron chi connectivity index (χ3n) is 10.1. The van der Waals surface area contributed by atoms with Crippen LogP contribution in [0, 0.1) is 35.0 Å². The molecule has 6 rings (SSSR count). The highest BCUT2D eigenvalue weighted by Crippen LogP contribution is 2.68. The highest BCUT2D eigenvalue weighted by atomic mass is 16.6. The maximum Gasteiger partial charge on any atom is 0.303 e. The number of carbonyl (C=O) groups excluding carboxylic acids is 3. The van der Waals surface area contributed by atoms with Gasteiger partial charge >= 0.3 is 5.97 Å². The lowest BCUT2D eigenvalue weighted by Crippen LogP contribution is -2.62. The Morgan fingerprint density at radius 1 is 1.14 bits per heavy atom. The molecule has 1 saturated carbocycles. The number of allylic oxidation sites excluding steroid dienone is 1. The van der Waals surface area contributed by atoms with Gasteiger partial charge in [0.25, 0.3) is 0 Å². The Morgan fingerprint density at radius 3 is 2.57 bits per heavy atom. The van der Waals surface area contributed by atoms with Crippen molar-refractivity contribution in [2.45, 2.75) is 83.5 Å². The summed E-state index contributed by atoms with van der Waals surface area (Å²) in [7, 11) is 0. The number of fused-ring (bicyclic) bond motifs is 3. The number of rotatable bonds is 3. The van der Waals surface area contributed by atoms with Crippen molar-refractivity contribution in [2.24, 2.45) is 35.0 Å². The first-order valence-corrected chi connectivity index (χ1v) is 13.7. The molecule has 198 valence electrons. The molecule has 1 aromatic carbocycles. The quantitative estimate of drug-likeness (QED) is 0.383. The summed E-state index contributed by atoms with van der Waals surface area (Å²) in [5.74, 6) is -1.35. The third kappa shape index (κ3) is 3.57. The van der Waals surface area contributed by atoms with Crippen LogP contribution in [0.2, 0.25) is 0 Å². The summed E-state index contributed by atoms with van der Waals surface area (Å²) in [6, 6.07) is 10.0. The van der Waals surface area contributed by atoms with Crippen molar-refractivity contribution in [3.05, 3.63) is 48.0 Å². The molecule has 37 heavy (non-hydrogen) atoms. The summed E-state index contributed by atoms with van der Waals surface area (Å²) in [6.45, 7) is 9.52. The van der Waals surface area contributed by atoms with Gasteiger partial charge in [0.15, 0.2) is 0 Å². The van der Waals surface area contributed by atoms with E-state index in [0.29, 0.717) is 12.8 Å². The number of benzene rings is 1. The molecule has 1 amide bonds. The van der Waals surface area contributed by atoms with E-state index in [1.807, 2.05) is 38.1 Å². The van der Waals surface area contributed by atoms with Gasteiger partial charge in [0.05, 0.1) is 17.8 Å². The van der Waals surface area contributed by atoms with Crippen LogP contribution in [0.15, 0.2) is 42.5 Å². The van der Waals surface area contributed by atoms with E-state index >= 15 is 0 Å². The minimum atomic E-state index is -1.06. The minimum Gasteiger partial charge on any atom is -0.458 e. The van der Waals surface area contributed by atoms with Crippen molar-refractivity contribution in [3.63, 3.8) is 0 Å². The van der Waals surface area contributed by atoms with Gasteiger partial charge in [0, 0.05) is 36.6 Å². The predicted molar refractivity (Wildman–Crippen MR) is 135 cm³/mol. The zero-order valence-electron chi connectivity index (χ0n) is 22.2. The summed E-state index contributed by atoms with van der Waals surface area (Å²) in [4.78, 5) is 40.1. The van der Waals surface area contributed by atoms with Crippen LogP contribution >= 0.6 is 0 Å². The maximum absolute atomic E-state index is 14.4. The van der Waals surface area contributed by atoms with Crippen molar-refractivity contribution in [2.75, 3.05) is 0 Å². The molecule has 0 bridgehead atoms. The highest BCUT2D eigenvalue weighted by Gasteiger charge is 2.80. The summed E-state index contributed by atoms with van der Waals surface area (Å²) in [5.41, 5.74) is -0.288. The Bertz CT molecular complexity index is 1150. The molecular weight excluding hydrogens is 470 g/mol. The van der Waals surface area contributed by atoms with Crippen LogP contribution in [0.3, 0.4) is 0 Å². The number of carbonyl (C=O) groups is 3. The van der Waals surface area contributed by atoms with Crippen molar-refractivity contribution >= 4 is 17.7 Å². The van der Waals surface area contributed by atoms with E-state index in [-0.39, 0.29) is 65.1 Å². The highest BCUT2D eigenvalue weighted by molar-refractivity contribution is 5.89. The number of nitrogens with one attached hydrogen (secondary N) is 1. The summed E-state index contributed by atoms with van der Waals surface area (Å²) < 4.78 is 18.7. The van der Waals surface area contributed by atoms with E-state index in [0.717, 1.165) is 5.56 Å². The molecule has 7 nitrogen and oxygen atoms in total. The first kappa shape index (κ1) is 24.8. The third-order valence-corrected chi connectivity index (χ3v) is 10.1. The van der Waals surface area contributed by atoms with E-state index in [4.69, 9.17) is 14.2 Å². The molecule has 0 aromatic heterocycles. The molecule has 1 unspecified atom stereocenters. The number of ether oxygens (including phenoxy) is 3. The van der Waals surface area contributed by atoms with Crippen LogP contribution in [-0.4, -0.2) is 53.7 Å². The summed E-state index contributed by atoms with van der Waals surface area (Å²) in [6.07, 6.45) is 3.51. The number of ketones is 1. The summed E-state index contributed by atoms with van der Waals surface area (Å²) >= 11 is 0. The largest absolute Gasteiger partial charge is 0.458 e.